The Balaban J connectivity index is 2.40. The highest BCUT2D eigenvalue weighted by Gasteiger charge is 2.67. The molecule has 1 N–H and O–H groups in total. The molecule has 0 amide bonds. The Hall–Kier alpha value is -1.59. The molecule has 1 fully saturated rings. The van der Waals surface area contributed by atoms with Gasteiger partial charge in [0.05, 0.1) is 11.8 Å². The number of halogens is 3. The van der Waals surface area contributed by atoms with Crippen LogP contribution in [0.1, 0.15) is 36.3 Å². The van der Waals surface area contributed by atoms with Crippen LogP contribution in [0.2, 0.25) is 0 Å². The molecule has 104 valence electrons. The lowest BCUT2D eigenvalue weighted by Gasteiger charge is -2.28. The predicted octanol–water partition coefficient (Wildman–Crippen LogP) is 3.29. The molecule has 1 aromatic heterocycles. The summed E-state index contributed by atoms with van der Waals surface area (Å²) in [4.78, 5) is 14.8. The minimum Gasteiger partial charge on any atom is -0.481 e. The van der Waals surface area contributed by atoms with E-state index in [0.29, 0.717) is 5.56 Å². The van der Waals surface area contributed by atoms with E-state index >= 15 is 0 Å². The molecule has 1 aliphatic carbocycles. The van der Waals surface area contributed by atoms with E-state index in [1.807, 2.05) is 0 Å². The van der Waals surface area contributed by atoms with Crippen molar-refractivity contribution in [1.82, 2.24) is 4.98 Å². The molecule has 19 heavy (non-hydrogen) atoms. The molecule has 0 spiro atoms. The zero-order valence-electron chi connectivity index (χ0n) is 10.4. The van der Waals surface area contributed by atoms with Crippen molar-refractivity contribution in [2.75, 3.05) is 0 Å². The molecule has 1 atom stereocenters. The Morgan fingerprint density at radius 2 is 2.11 bits per heavy atom. The van der Waals surface area contributed by atoms with Gasteiger partial charge in [-0.15, -0.1) is 0 Å². The van der Waals surface area contributed by atoms with E-state index in [0.717, 1.165) is 5.56 Å². The fourth-order valence-electron chi connectivity index (χ4n) is 2.54. The topological polar surface area (TPSA) is 50.2 Å². The van der Waals surface area contributed by atoms with Crippen LogP contribution in [0.3, 0.4) is 0 Å². The summed E-state index contributed by atoms with van der Waals surface area (Å²) in [6.07, 6.45) is -2.05. The standard InChI is InChI=1S/C13H14F3NO2/c1-8-4-9(7-17-6-8)10(5-11(18)19)12(2-3-12)13(14,15)16/h4,6-7,10H,2-3,5H2,1H3,(H,18,19)/t10-/m0/s1. The van der Waals surface area contributed by atoms with Crippen molar-refractivity contribution >= 4 is 5.97 Å². The lowest BCUT2D eigenvalue weighted by atomic mass is 9.80. The number of aromatic nitrogens is 1. The third kappa shape index (κ3) is 2.57. The van der Waals surface area contributed by atoms with Crippen LogP contribution >= 0.6 is 0 Å². The van der Waals surface area contributed by atoms with Crippen molar-refractivity contribution < 1.29 is 23.1 Å². The smallest absolute Gasteiger partial charge is 0.395 e. The van der Waals surface area contributed by atoms with Crippen molar-refractivity contribution in [3.05, 3.63) is 29.6 Å². The second kappa shape index (κ2) is 4.51. The highest BCUT2D eigenvalue weighted by atomic mass is 19.4. The van der Waals surface area contributed by atoms with Crippen LogP contribution in [-0.2, 0) is 4.79 Å². The van der Waals surface area contributed by atoms with E-state index in [4.69, 9.17) is 5.11 Å². The van der Waals surface area contributed by atoms with Crippen LogP contribution in [0.25, 0.3) is 0 Å². The second-order valence-corrected chi connectivity index (χ2v) is 5.10. The first-order chi connectivity index (χ1) is 8.76. The van der Waals surface area contributed by atoms with Gasteiger partial charge < -0.3 is 5.11 Å². The van der Waals surface area contributed by atoms with Crippen LogP contribution in [0.5, 0.6) is 0 Å². The second-order valence-electron chi connectivity index (χ2n) is 5.10. The molecule has 0 saturated heterocycles. The number of nitrogens with zero attached hydrogens (tertiary/aromatic N) is 1. The number of carboxylic acids is 1. The van der Waals surface area contributed by atoms with Gasteiger partial charge in [0.25, 0.3) is 0 Å². The number of carbonyl (C=O) groups is 1. The molecule has 0 bridgehead atoms. The number of carboxylic acid groups (broad SMARTS) is 1. The molecule has 1 aromatic rings. The summed E-state index contributed by atoms with van der Waals surface area (Å²) in [6, 6.07) is 1.59. The van der Waals surface area contributed by atoms with E-state index in [1.54, 1.807) is 13.0 Å². The maximum atomic E-state index is 13.2. The van der Waals surface area contributed by atoms with Gasteiger partial charge in [-0.25, -0.2) is 0 Å². The molecular formula is C13H14F3NO2. The molecule has 0 unspecified atom stereocenters. The zero-order chi connectivity index (χ0) is 14.3. The van der Waals surface area contributed by atoms with Gasteiger partial charge in [-0.3, -0.25) is 9.78 Å². The number of alkyl halides is 3. The van der Waals surface area contributed by atoms with Crippen molar-refractivity contribution in [2.24, 2.45) is 5.41 Å². The molecule has 1 heterocycles. The maximum Gasteiger partial charge on any atom is 0.395 e. The third-order valence-electron chi connectivity index (χ3n) is 3.70. The lowest BCUT2D eigenvalue weighted by molar-refractivity contribution is -0.195. The summed E-state index contributed by atoms with van der Waals surface area (Å²) in [5.74, 6) is -2.28. The summed E-state index contributed by atoms with van der Waals surface area (Å²) in [5, 5.41) is 8.88. The Morgan fingerprint density at radius 3 is 2.53 bits per heavy atom. The maximum absolute atomic E-state index is 13.2. The average molecular weight is 273 g/mol. The molecular weight excluding hydrogens is 259 g/mol. The SMILES string of the molecule is Cc1cncc([C@H](CC(=O)O)C2(C(F)(F)F)CC2)c1. The van der Waals surface area contributed by atoms with Gasteiger partial charge in [-0.05, 0) is 30.9 Å². The van der Waals surface area contributed by atoms with Crippen LogP contribution < -0.4 is 0 Å². The highest BCUT2D eigenvalue weighted by Crippen LogP contribution is 2.66. The Kier molecular flexibility index (Phi) is 3.28. The number of aliphatic carboxylic acids is 1. The summed E-state index contributed by atoms with van der Waals surface area (Å²) in [6.45, 7) is 1.72. The number of pyridine rings is 1. The number of aryl methyl sites for hydroxylation is 1. The largest absolute Gasteiger partial charge is 0.481 e. The normalized spacial score (nSPS) is 18.9. The van der Waals surface area contributed by atoms with Crippen molar-refractivity contribution in [3.8, 4) is 0 Å². The van der Waals surface area contributed by atoms with E-state index in [1.165, 1.54) is 12.4 Å². The van der Waals surface area contributed by atoms with Crippen molar-refractivity contribution in [1.29, 1.82) is 0 Å². The summed E-state index contributed by atoms with van der Waals surface area (Å²) in [5.41, 5.74) is -0.802. The van der Waals surface area contributed by atoms with E-state index < -0.39 is 29.9 Å². The quantitative estimate of drug-likeness (QED) is 0.915. The van der Waals surface area contributed by atoms with Crippen LogP contribution in [-0.4, -0.2) is 22.2 Å². The average Bonchev–Trinajstić information content (AvgIpc) is 3.05. The zero-order valence-corrected chi connectivity index (χ0v) is 10.4. The van der Waals surface area contributed by atoms with Crippen LogP contribution in [0.15, 0.2) is 18.5 Å². The van der Waals surface area contributed by atoms with Gasteiger partial charge in [-0.2, -0.15) is 13.2 Å². The Labute approximate surface area is 108 Å². The van der Waals surface area contributed by atoms with Gasteiger partial charge in [0, 0.05) is 18.3 Å². The highest BCUT2D eigenvalue weighted by molar-refractivity contribution is 5.68. The summed E-state index contributed by atoms with van der Waals surface area (Å²) >= 11 is 0. The fourth-order valence-corrected chi connectivity index (χ4v) is 2.54. The van der Waals surface area contributed by atoms with Crippen molar-refractivity contribution in [2.45, 2.75) is 38.3 Å². The van der Waals surface area contributed by atoms with Gasteiger partial charge in [0.1, 0.15) is 0 Å². The number of rotatable bonds is 4. The summed E-state index contributed by atoms with van der Waals surface area (Å²) < 4.78 is 39.5. The summed E-state index contributed by atoms with van der Waals surface area (Å²) in [7, 11) is 0. The van der Waals surface area contributed by atoms with Gasteiger partial charge in [-0.1, -0.05) is 6.07 Å². The van der Waals surface area contributed by atoms with E-state index in [-0.39, 0.29) is 12.8 Å². The molecule has 3 nitrogen and oxygen atoms in total. The van der Waals surface area contributed by atoms with Crippen LogP contribution in [0.4, 0.5) is 13.2 Å². The predicted molar refractivity (Wildman–Crippen MR) is 61.7 cm³/mol. The number of hydrogen-bond donors (Lipinski definition) is 1. The van der Waals surface area contributed by atoms with E-state index in [2.05, 4.69) is 4.98 Å². The Bertz CT molecular complexity index is 495. The van der Waals surface area contributed by atoms with Gasteiger partial charge in [0.2, 0.25) is 0 Å². The monoisotopic (exact) mass is 273 g/mol. The minimum atomic E-state index is -4.38. The molecule has 2 rings (SSSR count). The molecule has 1 saturated carbocycles. The molecule has 1 aliphatic rings. The minimum absolute atomic E-state index is 0.0115. The fraction of sp³-hybridized carbons (Fsp3) is 0.538. The number of hydrogen-bond acceptors (Lipinski definition) is 2. The van der Waals surface area contributed by atoms with Crippen molar-refractivity contribution in [3.63, 3.8) is 0 Å². The molecule has 0 radical (unpaired) electrons. The molecule has 6 heteroatoms. The first-order valence-electron chi connectivity index (χ1n) is 5.96. The van der Waals surface area contributed by atoms with Gasteiger partial charge in [0.15, 0.2) is 0 Å². The lowest BCUT2D eigenvalue weighted by Crippen LogP contribution is -2.32. The Morgan fingerprint density at radius 1 is 1.47 bits per heavy atom. The molecule has 0 aromatic carbocycles. The third-order valence-corrected chi connectivity index (χ3v) is 3.70. The first-order valence-corrected chi connectivity index (χ1v) is 5.96. The van der Waals surface area contributed by atoms with E-state index in [9.17, 15) is 18.0 Å². The van der Waals surface area contributed by atoms with Gasteiger partial charge >= 0.3 is 12.1 Å². The first kappa shape index (κ1) is 13.8. The molecule has 0 aliphatic heterocycles. The van der Waals surface area contributed by atoms with Crippen LogP contribution in [0, 0.1) is 12.3 Å².